The van der Waals surface area contributed by atoms with Gasteiger partial charge >= 0.3 is 6.03 Å². The van der Waals surface area contributed by atoms with Crippen LogP contribution in [0.15, 0.2) is 48.8 Å². The van der Waals surface area contributed by atoms with Crippen molar-refractivity contribution in [2.45, 2.75) is 68.0 Å². The van der Waals surface area contributed by atoms with E-state index in [1.807, 2.05) is 11.0 Å². The Morgan fingerprint density at radius 3 is 2.30 bits per heavy atom. The van der Waals surface area contributed by atoms with E-state index in [2.05, 4.69) is 58.5 Å². The molecule has 3 amide bonds. The Morgan fingerprint density at radius 2 is 1.70 bits per heavy atom. The van der Waals surface area contributed by atoms with Crippen molar-refractivity contribution in [1.82, 2.24) is 24.7 Å². The fourth-order valence-corrected chi connectivity index (χ4v) is 6.42. The molecule has 1 aromatic carbocycles. The molecule has 2 N–H and O–H groups in total. The van der Waals surface area contributed by atoms with Crippen LogP contribution in [-0.4, -0.2) is 86.6 Å². The number of carbonyl (C=O) groups is 2. The SMILES string of the molecule is CN(C)[C@]1(c2ccccc2)CC[C@@]2(CC1)CN(CCC(=O)Nc1ncccn1)C(=O)N2CC1(O)CCC1. The van der Waals surface area contributed by atoms with Gasteiger partial charge in [-0.25, -0.2) is 14.8 Å². The second kappa shape index (κ2) is 10.0. The molecule has 0 radical (unpaired) electrons. The topological polar surface area (TPSA) is 102 Å². The Morgan fingerprint density at radius 1 is 1.03 bits per heavy atom. The first-order chi connectivity index (χ1) is 17.8. The zero-order chi connectivity index (χ0) is 26.1. The van der Waals surface area contributed by atoms with E-state index in [1.54, 1.807) is 23.4 Å². The minimum absolute atomic E-state index is 0.0684. The Kier molecular flexibility index (Phi) is 6.93. The summed E-state index contributed by atoms with van der Waals surface area (Å²) in [4.78, 5) is 40.4. The molecule has 9 heteroatoms. The molecule has 1 spiro atoms. The molecule has 0 atom stereocenters. The van der Waals surface area contributed by atoms with Crippen molar-refractivity contribution in [3.05, 3.63) is 54.4 Å². The zero-order valence-corrected chi connectivity index (χ0v) is 21.9. The lowest BCUT2D eigenvalue weighted by atomic mass is 9.67. The van der Waals surface area contributed by atoms with Crippen LogP contribution in [0.3, 0.4) is 0 Å². The smallest absolute Gasteiger partial charge is 0.320 e. The van der Waals surface area contributed by atoms with Crippen LogP contribution < -0.4 is 5.32 Å². The second-order valence-electron chi connectivity index (χ2n) is 11.3. The highest BCUT2D eigenvalue weighted by molar-refractivity contribution is 5.89. The van der Waals surface area contributed by atoms with Crippen molar-refractivity contribution in [2.75, 3.05) is 39.0 Å². The average Bonchev–Trinajstić information content (AvgIpc) is 3.13. The van der Waals surface area contributed by atoms with Gasteiger partial charge in [-0.05, 0) is 70.7 Å². The summed E-state index contributed by atoms with van der Waals surface area (Å²) in [6, 6.07) is 12.3. The first kappa shape index (κ1) is 25.6. The molecule has 3 aliphatic rings. The lowest BCUT2D eigenvalue weighted by Gasteiger charge is -2.52. The first-order valence-corrected chi connectivity index (χ1v) is 13.3. The van der Waals surface area contributed by atoms with Gasteiger partial charge in [0.1, 0.15) is 0 Å². The normalized spacial score (nSPS) is 27.0. The standard InChI is InChI=1S/C28H38N6O3/c1-32(2)28(22-8-4-3-5-9-22)15-13-26(14-16-28)20-33(25(36)34(26)21-27(37)11-6-12-27)19-10-23(35)31-24-29-17-7-18-30-24/h3-5,7-9,17-18,37H,6,10-16,19-21H2,1-2H3,(H,29,30,31,35)/t26-,28-. The van der Waals surface area contributed by atoms with Gasteiger partial charge in [-0.15, -0.1) is 0 Å². The van der Waals surface area contributed by atoms with Crippen LogP contribution in [0.1, 0.15) is 56.9 Å². The number of amides is 3. The van der Waals surface area contributed by atoms with Crippen LogP contribution in [0, 0.1) is 0 Å². The number of anilines is 1. The number of aliphatic hydroxyl groups is 1. The number of β-amino-alcohol motifs (C(OH)–C–C–N with tert-alkyl or cyclic N) is 1. The van der Waals surface area contributed by atoms with Gasteiger partial charge in [-0.1, -0.05) is 30.3 Å². The molecule has 2 heterocycles. The summed E-state index contributed by atoms with van der Waals surface area (Å²) in [6.45, 7) is 1.27. The Labute approximate surface area is 218 Å². The van der Waals surface area contributed by atoms with Crippen LogP contribution in [0.4, 0.5) is 10.7 Å². The van der Waals surface area contributed by atoms with E-state index in [4.69, 9.17) is 0 Å². The molecule has 5 rings (SSSR count). The Hall–Kier alpha value is -3.04. The van der Waals surface area contributed by atoms with Gasteiger partial charge in [-0.2, -0.15) is 0 Å². The Balaban J connectivity index is 1.32. The van der Waals surface area contributed by atoms with E-state index in [1.165, 1.54) is 5.56 Å². The number of benzene rings is 1. The van der Waals surface area contributed by atoms with Crippen LogP contribution >= 0.6 is 0 Å². The largest absolute Gasteiger partial charge is 0.388 e. The molecule has 3 fully saturated rings. The number of rotatable bonds is 8. The Bertz CT molecular complexity index is 1100. The van der Waals surface area contributed by atoms with E-state index in [0.29, 0.717) is 19.6 Å². The van der Waals surface area contributed by atoms with E-state index in [0.717, 1.165) is 44.9 Å². The molecule has 1 aromatic heterocycles. The minimum Gasteiger partial charge on any atom is -0.388 e. The molecular formula is C28H38N6O3. The predicted octanol–water partition coefficient (Wildman–Crippen LogP) is 3.23. The third kappa shape index (κ3) is 4.94. The van der Waals surface area contributed by atoms with Crippen molar-refractivity contribution < 1.29 is 14.7 Å². The zero-order valence-electron chi connectivity index (χ0n) is 21.9. The van der Waals surface area contributed by atoms with Gasteiger partial charge < -0.3 is 14.9 Å². The fourth-order valence-electron chi connectivity index (χ4n) is 6.42. The van der Waals surface area contributed by atoms with Crippen molar-refractivity contribution in [3.8, 4) is 0 Å². The lowest BCUT2D eigenvalue weighted by molar-refractivity contribution is -0.116. The van der Waals surface area contributed by atoms with Gasteiger partial charge in [0.25, 0.3) is 0 Å². The van der Waals surface area contributed by atoms with Gasteiger partial charge in [0.15, 0.2) is 0 Å². The molecule has 1 aliphatic heterocycles. The van der Waals surface area contributed by atoms with E-state index < -0.39 is 5.60 Å². The van der Waals surface area contributed by atoms with Crippen molar-refractivity contribution in [3.63, 3.8) is 0 Å². The van der Waals surface area contributed by atoms with Crippen molar-refractivity contribution in [1.29, 1.82) is 0 Å². The molecule has 1 saturated heterocycles. The number of urea groups is 1. The summed E-state index contributed by atoms with van der Waals surface area (Å²) in [7, 11) is 4.28. The average molecular weight is 507 g/mol. The van der Waals surface area contributed by atoms with Gasteiger partial charge in [0.2, 0.25) is 11.9 Å². The summed E-state index contributed by atoms with van der Waals surface area (Å²) < 4.78 is 0. The summed E-state index contributed by atoms with van der Waals surface area (Å²) in [5.74, 6) is 0.0437. The highest BCUT2D eigenvalue weighted by atomic mass is 16.3. The quantitative estimate of drug-likeness (QED) is 0.570. The molecule has 198 valence electrons. The number of hydrogen-bond acceptors (Lipinski definition) is 6. The first-order valence-electron chi connectivity index (χ1n) is 13.3. The molecule has 0 unspecified atom stereocenters. The van der Waals surface area contributed by atoms with Crippen molar-refractivity contribution >= 4 is 17.9 Å². The highest BCUT2D eigenvalue weighted by Crippen LogP contribution is 2.50. The van der Waals surface area contributed by atoms with Crippen LogP contribution in [0.2, 0.25) is 0 Å². The summed E-state index contributed by atoms with van der Waals surface area (Å²) in [5, 5.41) is 13.7. The molecular weight excluding hydrogens is 468 g/mol. The van der Waals surface area contributed by atoms with Gasteiger partial charge in [0.05, 0.1) is 17.7 Å². The van der Waals surface area contributed by atoms with Gasteiger partial charge in [0, 0.05) is 37.4 Å². The maximum atomic E-state index is 13.7. The molecule has 2 aliphatic carbocycles. The summed E-state index contributed by atoms with van der Waals surface area (Å²) in [5.41, 5.74) is 0.0868. The number of aromatic nitrogens is 2. The highest BCUT2D eigenvalue weighted by Gasteiger charge is 2.56. The maximum Gasteiger partial charge on any atom is 0.320 e. The lowest BCUT2D eigenvalue weighted by Crippen LogP contribution is -2.59. The van der Waals surface area contributed by atoms with Crippen LogP contribution in [0.5, 0.6) is 0 Å². The molecule has 2 saturated carbocycles. The monoisotopic (exact) mass is 506 g/mol. The van der Waals surface area contributed by atoms with E-state index >= 15 is 0 Å². The molecule has 0 bridgehead atoms. The second-order valence-corrected chi connectivity index (χ2v) is 11.3. The third-order valence-corrected chi connectivity index (χ3v) is 8.90. The third-order valence-electron chi connectivity index (χ3n) is 8.90. The van der Waals surface area contributed by atoms with Crippen molar-refractivity contribution in [2.24, 2.45) is 0 Å². The predicted molar refractivity (Wildman–Crippen MR) is 141 cm³/mol. The number of carbonyl (C=O) groups excluding carboxylic acids is 2. The van der Waals surface area contributed by atoms with Crippen LogP contribution in [0.25, 0.3) is 0 Å². The number of nitrogens with zero attached hydrogens (tertiary/aromatic N) is 5. The van der Waals surface area contributed by atoms with Gasteiger partial charge in [-0.3, -0.25) is 15.0 Å². The molecule has 9 nitrogen and oxygen atoms in total. The minimum atomic E-state index is -0.795. The molecule has 2 aromatic rings. The number of hydrogen-bond donors (Lipinski definition) is 2. The van der Waals surface area contributed by atoms with E-state index in [9.17, 15) is 14.7 Å². The summed E-state index contributed by atoms with van der Waals surface area (Å²) in [6.07, 6.45) is 9.33. The fraction of sp³-hybridized carbons (Fsp3) is 0.571. The molecule has 37 heavy (non-hydrogen) atoms. The van der Waals surface area contributed by atoms with E-state index in [-0.39, 0.29) is 35.4 Å². The summed E-state index contributed by atoms with van der Waals surface area (Å²) >= 11 is 0. The number of nitrogens with one attached hydrogen (secondary N) is 1. The van der Waals surface area contributed by atoms with Crippen LogP contribution in [-0.2, 0) is 10.3 Å². The maximum absolute atomic E-state index is 13.7.